The summed E-state index contributed by atoms with van der Waals surface area (Å²) in [5, 5.41) is 9.27. The van der Waals surface area contributed by atoms with E-state index in [0.717, 1.165) is 18.7 Å². The third-order valence-corrected chi connectivity index (χ3v) is 1.72. The number of rotatable bonds is 5. The van der Waals surface area contributed by atoms with Gasteiger partial charge in [-0.05, 0) is 26.9 Å². The topological polar surface area (TPSA) is 67.2 Å². The second kappa shape index (κ2) is 5.39. The molecule has 14 heavy (non-hydrogen) atoms. The van der Waals surface area contributed by atoms with E-state index in [2.05, 4.69) is 15.8 Å². The van der Waals surface area contributed by atoms with E-state index in [1.54, 1.807) is 13.0 Å². The molecule has 2 N–H and O–H groups in total. The quantitative estimate of drug-likeness (QED) is 0.689. The summed E-state index contributed by atoms with van der Waals surface area (Å²) in [5.74, 6) is 0.369. The van der Waals surface area contributed by atoms with Crippen molar-refractivity contribution in [1.82, 2.24) is 10.5 Å². The Kier molecular flexibility index (Phi) is 4.12. The van der Waals surface area contributed by atoms with Crippen LogP contribution in [-0.2, 0) is 4.79 Å². The highest BCUT2D eigenvalue weighted by molar-refractivity contribution is 5.89. The lowest BCUT2D eigenvalue weighted by molar-refractivity contribution is -0.116. The number of carbonyl (C=O) groups excluding carboxylic acids is 1. The van der Waals surface area contributed by atoms with Crippen LogP contribution in [-0.4, -0.2) is 24.7 Å². The fourth-order valence-electron chi connectivity index (χ4n) is 1.05. The van der Waals surface area contributed by atoms with E-state index in [0.29, 0.717) is 12.3 Å². The van der Waals surface area contributed by atoms with Gasteiger partial charge < -0.3 is 9.84 Å². The summed E-state index contributed by atoms with van der Waals surface area (Å²) in [6.45, 7) is 2.64. The van der Waals surface area contributed by atoms with Gasteiger partial charge in [0.1, 0.15) is 0 Å². The first kappa shape index (κ1) is 10.7. The Morgan fingerprint density at radius 3 is 3.00 bits per heavy atom. The van der Waals surface area contributed by atoms with Gasteiger partial charge in [0.2, 0.25) is 11.8 Å². The molecular weight excluding hydrogens is 182 g/mol. The molecule has 1 rings (SSSR count). The zero-order valence-electron chi connectivity index (χ0n) is 8.46. The maximum Gasteiger partial charge on any atom is 0.231 e. The summed E-state index contributed by atoms with van der Waals surface area (Å²) in [6.07, 6.45) is 1.30. The van der Waals surface area contributed by atoms with Gasteiger partial charge in [-0.1, -0.05) is 5.16 Å². The first-order valence-corrected chi connectivity index (χ1v) is 4.60. The molecule has 1 aromatic heterocycles. The minimum atomic E-state index is -0.0450. The van der Waals surface area contributed by atoms with Crippen LogP contribution < -0.4 is 10.6 Å². The van der Waals surface area contributed by atoms with E-state index in [1.807, 2.05) is 7.05 Å². The Hall–Kier alpha value is -1.36. The molecule has 0 spiro atoms. The van der Waals surface area contributed by atoms with Gasteiger partial charge in [-0.3, -0.25) is 10.1 Å². The van der Waals surface area contributed by atoms with Crippen molar-refractivity contribution < 1.29 is 9.32 Å². The number of nitrogens with zero attached hydrogens (tertiary/aromatic N) is 1. The van der Waals surface area contributed by atoms with E-state index in [9.17, 15) is 4.79 Å². The van der Waals surface area contributed by atoms with Gasteiger partial charge in [0.15, 0.2) is 0 Å². The van der Waals surface area contributed by atoms with Crippen LogP contribution in [0.4, 0.5) is 5.88 Å². The molecule has 0 unspecified atom stereocenters. The maximum atomic E-state index is 11.3. The lowest BCUT2D eigenvalue weighted by Gasteiger charge is -2.00. The van der Waals surface area contributed by atoms with Crippen molar-refractivity contribution in [2.45, 2.75) is 19.8 Å². The third kappa shape index (κ3) is 3.57. The molecule has 5 heteroatoms. The number of aromatic nitrogens is 1. The Labute approximate surface area is 82.8 Å². The summed E-state index contributed by atoms with van der Waals surface area (Å²) in [6, 6.07) is 1.69. The highest BCUT2D eigenvalue weighted by Gasteiger charge is 2.05. The average molecular weight is 197 g/mol. The number of hydrogen-bond acceptors (Lipinski definition) is 4. The van der Waals surface area contributed by atoms with Crippen molar-refractivity contribution in [3.8, 4) is 0 Å². The van der Waals surface area contributed by atoms with Gasteiger partial charge in [0.05, 0.1) is 5.69 Å². The van der Waals surface area contributed by atoms with Crippen molar-refractivity contribution in [3.05, 3.63) is 11.8 Å². The molecule has 0 saturated heterocycles. The van der Waals surface area contributed by atoms with E-state index < -0.39 is 0 Å². The molecule has 0 bridgehead atoms. The van der Waals surface area contributed by atoms with Crippen molar-refractivity contribution in [1.29, 1.82) is 0 Å². The van der Waals surface area contributed by atoms with Gasteiger partial charge in [-0.25, -0.2) is 0 Å². The normalized spacial score (nSPS) is 10.1. The lowest BCUT2D eigenvalue weighted by atomic mass is 10.3. The smallest absolute Gasteiger partial charge is 0.231 e. The Balaban J connectivity index is 2.27. The molecule has 1 amide bonds. The SMILES string of the molecule is CNCCCC(=O)Nc1cc(C)no1. The number of nitrogens with one attached hydrogen (secondary N) is 2. The van der Waals surface area contributed by atoms with Crippen LogP contribution in [0.2, 0.25) is 0 Å². The highest BCUT2D eigenvalue weighted by Crippen LogP contribution is 2.08. The zero-order valence-corrected chi connectivity index (χ0v) is 8.46. The van der Waals surface area contributed by atoms with E-state index in [-0.39, 0.29) is 5.91 Å². The van der Waals surface area contributed by atoms with Gasteiger partial charge >= 0.3 is 0 Å². The first-order chi connectivity index (χ1) is 6.72. The second-order valence-electron chi connectivity index (χ2n) is 3.09. The monoisotopic (exact) mass is 197 g/mol. The Morgan fingerprint density at radius 1 is 1.64 bits per heavy atom. The lowest BCUT2D eigenvalue weighted by Crippen LogP contribution is -2.14. The zero-order chi connectivity index (χ0) is 10.4. The molecule has 0 radical (unpaired) electrons. The summed E-state index contributed by atoms with van der Waals surface area (Å²) in [7, 11) is 1.86. The number of aryl methyl sites for hydroxylation is 1. The average Bonchev–Trinajstić information content (AvgIpc) is 2.52. The number of hydrogen-bond donors (Lipinski definition) is 2. The molecule has 0 aliphatic rings. The predicted octanol–water partition coefficient (Wildman–Crippen LogP) is 0.921. The van der Waals surface area contributed by atoms with Crippen LogP contribution >= 0.6 is 0 Å². The number of amides is 1. The highest BCUT2D eigenvalue weighted by atomic mass is 16.5. The van der Waals surface area contributed by atoms with Gasteiger partial charge in [0, 0.05) is 12.5 Å². The summed E-state index contributed by atoms with van der Waals surface area (Å²) in [5.41, 5.74) is 0.760. The van der Waals surface area contributed by atoms with Crippen LogP contribution in [0.3, 0.4) is 0 Å². The molecule has 1 heterocycles. The molecule has 0 aromatic carbocycles. The van der Waals surface area contributed by atoms with E-state index >= 15 is 0 Å². The fraction of sp³-hybridized carbons (Fsp3) is 0.556. The van der Waals surface area contributed by atoms with E-state index in [4.69, 9.17) is 4.52 Å². The second-order valence-corrected chi connectivity index (χ2v) is 3.09. The summed E-state index contributed by atoms with van der Waals surface area (Å²) < 4.78 is 4.84. The van der Waals surface area contributed by atoms with Crippen molar-refractivity contribution in [2.24, 2.45) is 0 Å². The summed E-state index contributed by atoms with van der Waals surface area (Å²) >= 11 is 0. The van der Waals surface area contributed by atoms with Crippen molar-refractivity contribution >= 4 is 11.8 Å². The van der Waals surface area contributed by atoms with Crippen molar-refractivity contribution in [3.63, 3.8) is 0 Å². The van der Waals surface area contributed by atoms with Crippen LogP contribution in [0.15, 0.2) is 10.6 Å². The first-order valence-electron chi connectivity index (χ1n) is 4.60. The molecule has 0 aliphatic carbocycles. The van der Waals surface area contributed by atoms with Crippen LogP contribution in [0.1, 0.15) is 18.5 Å². The standard InChI is InChI=1S/C9H15N3O2/c1-7-6-9(14-12-7)11-8(13)4-3-5-10-2/h6,10H,3-5H2,1-2H3,(H,11,13). The molecule has 0 saturated carbocycles. The largest absolute Gasteiger partial charge is 0.338 e. The Bertz CT molecular complexity index is 296. The van der Waals surface area contributed by atoms with Gasteiger partial charge in [-0.15, -0.1) is 0 Å². The van der Waals surface area contributed by atoms with Crippen molar-refractivity contribution in [2.75, 3.05) is 18.9 Å². The fourth-order valence-corrected chi connectivity index (χ4v) is 1.05. The van der Waals surface area contributed by atoms with Gasteiger partial charge in [-0.2, -0.15) is 0 Å². The summed E-state index contributed by atoms with van der Waals surface area (Å²) in [4.78, 5) is 11.3. The Morgan fingerprint density at radius 2 is 2.43 bits per heavy atom. The maximum absolute atomic E-state index is 11.3. The molecule has 5 nitrogen and oxygen atoms in total. The van der Waals surface area contributed by atoms with Crippen LogP contribution in [0.5, 0.6) is 0 Å². The molecular formula is C9H15N3O2. The predicted molar refractivity (Wildman–Crippen MR) is 53.0 cm³/mol. The molecule has 78 valence electrons. The molecule has 1 aromatic rings. The third-order valence-electron chi connectivity index (χ3n) is 1.72. The number of carbonyl (C=O) groups is 1. The van der Waals surface area contributed by atoms with Gasteiger partial charge in [0.25, 0.3) is 0 Å². The molecule has 0 fully saturated rings. The van der Waals surface area contributed by atoms with Crippen LogP contribution in [0, 0.1) is 6.92 Å². The molecule has 0 atom stereocenters. The van der Waals surface area contributed by atoms with E-state index in [1.165, 1.54) is 0 Å². The number of anilines is 1. The minimum absolute atomic E-state index is 0.0450. The molecule has 0 aliphatic heterocycles. The minimum Gasteiger partial charge on any atom is -0.338 e. The van der Waals surface area contributed by atoms with Crippen LogP contribution in [0.25, 0.3) is 0 Å².